The van der Waals surface area contributed by atoms with Crippen molar-refractivity contribution in [3.05, 3.63) is 93.0 Å². The fourth-order valence-corrected chi connectivity index (χ4v) is 5.12. The molecule has 5 aromatic rings. The standard InChI is InChI=1S/C23H14FN5O4S2/c24-13-5-7-14(8-6-13)28-21(31)16-3-1-2-4-17(16)26-23(28)34-12-20(30)27-22-25-18-10-9-15(29(32)33)11-19(18)35-22/h1-11H,12H2,(H,25,27,30). The van der Waals surface area contributed by atoms with Gasteiger partial charge >= 0.3 is 0 Å². The molecule has 9 nitrogen and oxygen atoms in total. The van der Waals surface area contributed by atoms with Crippen LogP contribution in [0.2, 0.25) is 0 Å². The number of nitro groups is 1. The van der Waals surface area contributed by atoms with Gasteiger partial charge in [-0.2, -0.15) is 0 Å². The van der Waals surface area contributed by atoms with Crippen molar-refractivity contribution in [2.24, 2.45) is 0 Å². The second-order valence-corrected chi connectivity index (χ2v) is 9.27. The molecule has 2 aromatic heterocycles. The lowest BCUT2D eigenvalue weighted by Gasteiger charge is -2.13. The summed E-state index contributed by atoms with van der Waals surface area (Å²) in [6, 6.07) is 16.6. The number of thioether (sulfide) groups is 1. The molecule has 1 amide bonds. The monoisotopic (exact) mass is 507 g/mol. The van der Waals surface area contributed by atoms with Gasteiger partial charge in [-0.3, -0.25) is 24.3 Å². The Morgan fingerprint density at radius 1 is 1.09 bits per heavy atom. The van der Waals surface area contributed by atoms with Gasteiger partial charge in [-0.1, -0.05) is 35.2 Å². The number of nitro benzene ring substituents is 1. The molecule has 174 valence electrons. The molecule has 0 spiro atoms. The number of nitrogens with one attached hydrogen (secondary N) is 1. The average molecular weight is 508 g/mol. The summed E-state index contributed by atoms with van der Waals surface area (Å²) in [5, 5.41) is 14.6. The van der Waals surface area contributed by atoms with E-state index >= 15 is 0 Å². The summed E-state index contributed by atoms with van der Waals surface area (Å²) in [6.45, 7) is 0. The number of anilines is 1. The van der Waals surface area contributed by atoms with E-state index < -0.39 is 16.6 Å². The molecular formula is C23H14FN5O4S2. The van der Waals surface area contributed by atoms with Gasteiger partial charge in [0.25, 0.3) is 11.2 Å². The first-order valence-electron chi connectivity index (χ1n) is 10.1. The number of halogens is 1. The highest BCUT2D eigenvalue weighted by molar-refractivity contribution is 7.99. The molecule has 0 unspecified atom stereocenters. The number of carbonyl (C=O) groups is 1. The minimum atomic E-state index is -0.495. The van der Waals surface area contributed by atoms with Crippen LogP contribution in [0.25, 0.3) is 26.8 Å². The zero-order chi connectivity index (χ0) is 24.5. The molecule has 0 bridgehead atoms. The summed E-state index contributed by atoms with van der Waals surface area (Å²) in [5.74, 6) is -0.913. The van der Waals surface area contributed by atoms with Crippen LogP contribution in [0.4, 0.5) is 15.2 Å². The molecule has 1 N–H and O–H groups in total. The number of carbonyl (C=O) groups excluding carboxylic acids is 1. The molecule has 12 heteroatoms. The number of non-ortho nitro benzene ring substituents is 1. The molecule has 0 saturated heterocycles. The summed E-state index contributed by atoms with van der Waals surface area (Å²) in [4.78, 5) is 45.2. The van der Waals surface area contributed by atoms with E-state index in [1.54, 1.807) is 24.3 Å². The van der Waals surface area contributed by atoms with Crippen molar-refractivity contribution < 1.29 is 14.1 Å². The SMILES string of the molecule is O=C(CSc1nc2ccccc2c(=O)n1-c1ccc(F)cc1)Nc1nc2ccc([N+](=O)[O-])cc2s1. The van der Waals surface area contributed by atoms with E-state index in [0.29, 0.717) is 31.9 Å². The number of aromatic nitrogens is 3. The van der Waals surface area contributed by atoms with Crippen molar-refractivity contribution in [2.75, 3.05) is 11.1 Å². The van der Waals surface area contributed by atoms with Crippen LogP contribution in [-0.2, 0) is 4.79 Å². The Morgan fingerprint density at radius 2 is 1.86 bits per heavy atom. The minimum Gasteiger partial charge on any atom is -0.301 e. The van der Waals surface area contributed by atoms with Crippen LogP contribution in [0.1, 0.15) is 0 Å². The van der Waals surface area contributed by atoms with Crippen molar-refractivity contribution in [3.8, 4) is 5.69 Å². The first-order chi connectivity index (χ1) is 16.9. The number of para-hydroxylation sites is 1. The first-order valence-corrected chi connectivity index (χ1v) is 11.9. The van der Waals surface area contributed by atoms with Crippen LogP contribution in [0.3, 0.4) is 0 Å². The quantitative estimate of drug-likeness (QED) is 0.152. The van der Waals surface area contributed by atoms with Crippen molar-refractivity contribution in [1.82, 2.24) is 14.5 Å². The Hall–Kier alpha value is -4.16. The molecule has 0 fully saturated rings. The van der Waals surface area contributed by atoms with Crippen LogP contribution in [0, 0.1) is 15.9 Å². The lowest BCUT2D eigenvalue weighted by Crippen LogP contribution is -2.23. The molecule has 0 atom stereocenters. The highest BCUT2D eigenvalue weighted by atomic mass is 32.2. The van der Waals surface area contributed by atoms with Gasteiger partial charge in [0.2, 0.25) is 5.91 Å². The maximum absolute atomic E-state index is 13.5. The Balaban J connectivity index is 1.41. The maximum atomic E-state index is 13.5. The highest BCUT2D eigenvalue weighted by Gasteiger charge is 2.16. The van der Waals surface area contributed by atoms with E-state index in [-0.39, 0.29) is 22.2 Å². The van der Waals surface area contributed by atoms with Crippen molar-refractivity contribution >= 4 is 60.9 Å². The number of hydrogen-bond acceptors (Lipinski definition) is 8. The van der Waals surface area contributed by atoms with E-state index in [1.807, 2.05) is 0 Å². The second kappa shape index (κ2) is 9.24. The molecule has 0 aliphatic rings. The fraction of sp³-hybridized carbons (Fsp3) is 0.0435. The zero-order valence-electron chi connectivity index (χ0n) is 17.7. The molecule has 3 aromatic carbocycles. The summed E-state index contributed by atoms with van der Waals surface area (Å²) in [6.07, 6.45) is 0. The second-order valence-electron chi connectivity index (χ2n) is 7.29. The number of thiazole rings is 1. The molecule has 0 aliphatic heterocycles. The molecule has 0 saturated carbocycles. The van der Waals surface area contributed by atoms with Crippen molar-refractivity contribution in [1.29, 1.82) is 0 Å². The largest absolute Gasteiger partial charge is 0.301 e. The van der Waals surface area contributed by atoms with Crippen LogP contribution in [0.15, 0.2) is 76.7 Å². The summed E-state index contributed by atoms with van der Waals surface area (Å²) in [5.41, 5.74) is 1.04. The number of fused-ring (bicyclic) bond motifs is 2. The first kappa shape index (κ1) is 22.6. The summed E-state index contributed by atoms with van der Waals surface area (Å²) >= 11 is 2.17. The van der Waals surface area contributed by atoms with Gasteiger partial charge in [0.1, 0.15) is 5.82 Å². The third-order valence-electron chi connectivity index (χ3n) is 4.99. The van der Waals surface area contributed by atoms with Gasteiger partial charge < -0.3 is 5.32 Å². The lowest BCUT2D eigenvalue weighted by molar-refractivity contribution is -0.384. The van der Waals surface area contributed by atoms with Crippen LogP contribution < -0.4 is 10.9 Å². The summed E-state index contributed by atoms with van der Waals surface area (Å²) in [7, 11) is 0. The minimum absolute atomic E-state index is 0.0595. The molecule has 5 rings (SSSR count). The molecule has 2 heterocycles. The Labute approximate surface area is 204 Å². The van der Waals surface area contributed by atoms with E-state index in [9.17, 15) is 24.1 Å². The van der Waals surface area contributed by atoms with Gasteiger partial charge in [0.15, 0.2) is 10.3 Å². The van der Waals surface area contributed by atoms with Gasteiger partial charge in [0, 0.05) is 12.1 Å². The topological polar surface area (TPSA) is 120 Å². The third kappa shape index (κ3) is 4.61. The Kier molecular flexibility index (Phi) is 5.97. The van der Waals surface area contributed by atoms with Crippen molar-refractivity contribution in [2.45, 2.75) is 5.16 Å². The van der Waals surface area contributed by atoms with Gasteiger partial charge in [-0.15, -0.1) is 0 Å². The molecule has 0 radical (unpaired) electrons. The van der Waals surface area contributed by atoms with E-state index in [4.69, 9.17) is 0 Å². The predicted molar refractivity (Wildman–Crippen MR) is 133 cm³/mol. The number of rotatable bonds is 6. The molecular weight excluding hydrogens is 493 g/mol. The van der Waals surface area contributed by atoms with Gasteiger partial charge in [0.05, 0.1) is 37.5 Å². The Morgan fingerprint density at radius 3 is 2.63 bits per heavy atom. The van der Waals surface area contributed by atoms with Crippen LogP contribution in [-0.4, -0.2) is 31.1 Å². The normalized spacial score (nSPS) is 11.1. The number of hydrogen-bond donors (Lipinski definition) is 1. The van der Waals surface area contributed by atoms with Crippen LogP contribution in [0.5, 0.6) is 0 Å². The number of nitrogens with zero attached hydrogens (tertiary/aromatic N) is 4. The lowest BCUT2D eigenvalue weighted by atomic mass is 10.2. The zero-order valence-corrected chi connectivity index (χ0v) is 19.3. The summed E-state index contributed by atoms with van der Waals surface area (Å²) < 4.78 is 15.4. The Bertz CT molecular complexity index is 1670. The maximum Gasteiger partial charge on any atom is 0.270 e. The number of benzene rings is 3. The van der Waals surface area contributed by atoms with E-state index in [1.165, 1.54) is 47.0 Å². The van der Waals surface area contributed by atoms with Gasteiger partial charge in [-0.05, 0) is 42.5 Å². The fourth-order valence-electron chi connectivity index (χ4n) is 3.39. The predicted octanol–water partition coefficient (Wildman–Crippen LogP) is 4.77. The van der Waals surface area contributed by atoms with Gasteiger partial charge in [-0.25, -0.2) is 14.4 Å². The average Bonchev–Trinajstić information content (AvgIpc) is 3.25. The third-order valence-corrected chi connectivity index (χ3v) is 6.86. The van der Waals surface area contributed by atoms with E-state index in [2.05, 4.69) is 15.3 Å². The molecule has 0 aliphatic carbocycles. The number of amides is 1. The molecule has 35 heavy (non-hydrogen) atoms. The smallest absolute Gasteiger partial charge is 0.270 e. The van der Waals surface area contributed by atoms with Crippen LogP contribution >= 0.6 is 23.1 Å². The highest BCUT2D eigenvalue weighted by Crippen LogP contribution is 2.29. The van der Waals surface area contributed by atoms with E-state index in [0.717, 1.165) is 23.1 Å². The van der Waals surface area contributed by atoms with Crippen molar-refractivity contribution in [3.63, 3.8) is 0 Å².